The first kappa shape index (κ1) is 11.7. The fraction of sp³-hybridized carbons (Fsp3) is 0.438. The Morgan fingerprint density at radius 1 is 1.28 bits per heavy atom. The van der Waals surface area contributed by atoms with E-state index in [-0.39, 0.29) is 6.10 Å². The Morgan fingerprint density at radius 3 is 2.94 bits per heavy atom. The van der Waals surface area contributed by atoms with E-state index in [0.29, 0.717) is 0 Å². The van der Waals surface area contributed by atoms with Crippen molar-refractivity contribution >= 4 is 11.9 Å². The van der Waals surface area contributed by atoms with Crippen LogP contribution < -0.4 is 0 Å². The molecule has 0 heterocycles. The van der Waals surface area contributed by atoms with Gasteiger partial charge >= 0.3 is 0 Å². The van der Waals surface area contributed by atoms with Crippen molar-refractivity contribution in [2.45, 2.75) is 38.2 Å². The molecule has 2 aliphatic carbocycles. The van der Waals surface area contributed by atoms with Gasteiger partial charge in [-0.3, -0.25) is 4.79 Å². The second kappa shape index (κ2) is 4.69. The van der Waals surface area contributed by atoms with Gasteiger partial charge < -0.3 is 4.74 Å². The van der Waals surface area contributed by atoms with Crippen molar-refractivity contribution in [1.29, 1.82) is 0 Å². The lowest BCUT2D eigenvalue weighted by Gasteiger charge is -2.32. The molecule has 18 heavy (non-hydrogen) atoms. The Bertz CT molecular complexity index is 514. The van der Waals surface area contributed by atoms with Crippen molar-refractivity contribution in [2.75, 3.05) is 7.11 Å². The molecule has 94 valence electrons. The fourth-order valence-corrected chi connectivity index (χ4v) is 3.29. The van der Waals surface area contributed by atoms with Gasteiger partial charge in [0, 0.05) is 12.7 Å². The third kappa shape index (κ3) is 1.81. The molecule has 1 atom stereocenters. The van der Waals surface area contributed by atoms with E-state index in [2.05, 4.69) is 6.07 Å². The van der Waals surface area contributed by atoms with Crippen LogP contribution in [0.4, 0.5) is 0 Å². The number of allylic oxidation sites excluding steroid dienone is 1. The summed E-state index contributed by atoms with van der Waals surface area (Å²) in [6, 6.07) is 6.06. The number of benzene rings is 1. The van der Waals surface area contributed by atoms with E-state index in [1.165, 1.54) is 29.5 Å². The van der Waals surface area contributed by atoms with Crippen molar-refractivity contribution in [3.8, 4) is 0 Å². The zero-order valence-electron chi connectivity index (χ0n) is 10.7. The molecular formula is C16H18O2. The topological polar surface area (TPSA) is 26.3 Å². The van der Waals surface area contributed by atoms with Gasteiger partial charge in [-0.15, -0.1) is 0 Å². The predicted octanol–water partition coefficient (Wildman–Crippen LogP) is 3.40. The van der Waals surface area contributed by atoms with Crippen LogP contribution in [-0.4, -0.2) is 19.5 Å². The highest BCUT2D eigenvalue weighted by Crippen LogP contribution is 2.41. The Morgan fingerprint density at radius 2 is 2.17 bits per heavy atom. The van der Waals surface area contributed by atoms with E-state index in [1.807, 2.05) is 12.1 Å². The number of ether oxygens (including phenoxy) is 1. The summed E-state index contributed by atoms with van der Waals surface area (Å²) in [5.74, 6) is 0. The average Bonchev–Trinajstić information content (AvgIpc) is 2.45. The van der Waals surface area contributed by atoms with Crippen LogP contribution >= 0.6 is 0 Å². The third-order valence-electron chi connectivity index (χ3n) is 4.19. The lowest BCUT2D eigenvalue weighted by atomic mass is 9.76. The Labute approximate surface area is 108 Å². The highest BCUT2D eigenvalue weighted by Gasteiger charge is 2.28. The minimum atomic E-state index is 0.217. The van der Waals surface area contributed by atoms with Gasteiger partial charge in [-0.1, -0.05) is 17.7 Å². The SMILES string of the molecule is COC1CCCC2=C1c1cc(C=O)ccc1CC2. The highest BCUT2D eigenvalue weighted by molar-refractivity contribution is 5.82. The lowest BCUT2D eigenvalue weighted by molar-refractivity contribution is 0.112. The molecule has 2 nitrogen and oxygen atoms in total. The normalized spacial score (nSPS) is 22.4. The maximum Gasteiger partial charge on any atom is 0.150 e. The largest absolute Gasteiger partial charge is 0.377 e. The molecule has 1 aromatic carbocycles. The van der Waals surface area contributed by atoms with Crippen LogP contribution in [0.15, 0.2) is 23.8 Å². The smallest absolute Gasteiger partial charge is 0.150 e. The molecule has 0 bridgehead atoms. The second-order valence-electron chi connectivity index (χ2n) is 5.17. The predicted molar refractivity (Wildman–Crippen MR) is 71.7 cm³/mol. The number of hydrogen-bond donors (Lipinski definition) is 0. The van der Waals surface area contributed by atoms with Gasteiger partial charge in [0.25, 0.3) is 0 Å². The van der Waals surface area contributed by atoms with Crippen LogP contribution in [0, 0.1) is 0 Å². The molecule has 2 heteroatoms. The van der Waals surface area contributed by atoms with Crippen molar-refractivity contribution in [2.24, 2.45) is 0 Å². The van der Waals surface area contributed by atoms with E-state index < -0.39 is 0 Å². The lowest BCUT2D eigenvalue weighted by Crippen LogP contribution is -2.22. The molecule has 3 rings (SSSR count). The molecule has 0 fully saturated rings. The van der Waals surface area contributed by atoms with Crippen LogP contribution in [0.25, 0.3) is 5.57 Å². The van der Waals surface area contributed by atoms with E-state index in [0.717, 1.165) is 31.1 Å². The van der Waals surface area contributed by atoms with Crippen molar-refractivity contribution in [3.05, 3.63) is 40.5 Å². The number of rotatable bonds is 2. The number of aldehydes is 1. The monoisotopic (exact) mass is 242 g/mol. The number of methoxy groups -OCH3 is 1. The summed E-state index contributed by atoms with van der Waals surface area (Å²) >= 11 is 0. The molecular weight excluding hydrogens is 224 g/mol. The second-order valence-corrected chi connectivity index (χ2v) is 5.17. The molecule has 1 aromatic rings. The Balaban J connectivity index is 2.14. The van der Waals surface area contributed by atoms with Gasteiger partial charge in [-0.25, -0.2) is 0 Å². The molecule has 0 N–H and O–H groups in total. The first-order valence-electron chi connectivity index (χ1n) is 6.66. The summed E-state index contributed by atoms with van der Waals surface area (Å²) in [6.45, 7) is 0. The third-order valence-corrected chi connectivity index (χ3v) is 4.19. The first-order valence-corrected chi connectivity index (χ1v) is 6.66. The maximum atomic E-state index is 11.0. The van der Waals surface area contributed by atoms with Gasteiger partial charge in [0.05, 0.1) is 6.10 Å². The first-order chi connectivity index (χ1) is 8.83. The summed E-state index contributed by atoms with van der Waals surface area (Å²) in [5, 5.41) is 0. The van der Waals surface area contributed by atoms with Crippen molar-refractivity contribution in [3.63, 3.8) is 0 Å². The summed E-state index contributed by atoms with van der Waals surface area (Å²) in [4.78, 5) is 11.0. The van der Waals surface area contributed by atoms with Gasteiger partial charge in [0.2, 0.25) is 0 Å². The number of aryl methyl sites for hydroxylation is 1. The molecule has 1 unspecified atom stereocenters. The maximum absolute atomic E-state index is 11.0. The van der Waals surface area contributed by atoms with Gasteiger partial charge in [0.1, 0.15) is 6.29 Å². The van der Waals surface area contributed by atoms with Gasteiger partial charge in [0.15, 0.2) is 0 Å². The quantitative estimate of drug-likeness (QED) is 0.743. The summed E-state index contributed by atoms with van der Waals surface area (Å²) in [6.07, 6.45) is 6.92. The molecule has 0 aromatic heterocycles. The van der Waals surface area contributed by atoms with Crippen LogP contribution in [0.2, 0.25) is 0 Å². The number of hydrogen-bond acceptors (Lipinski definition) is 2. The minimum absolute atomic E-state index is 0.217. The molecule has 0 spiro atoms. The number of carbonyl (C=O) groups is 1. The highest BCUT2D eigenvalue weighted by atomic mass is 16.5. The summed E-state index contributed by atoms with van der Waals surface area (Å²) < 4.78 is 5.64. The standard InChI is InChI=1S/C16H18O2/c1-18-15-4-2-3-13-8-7-12-6-5-11(10-17)9-14(12)16(13)15/h5-6,9-10,15H,2-4,7-8H2,1H3. The molecule has 0 saturated heterocycles. The van der Waals surface area contributed by atoms with Crippen LogP contribution in [0.1, 0.15) is 47.2 Å². The van der Waals surface area contributed by atoms with Crippen molar-refractivity contribution < 1.29 is 9.53 Å². The van der Waals surface area contributed by atoms with E-state index in [4.69, 9.17) is 4.74 Å². The van der Waals surface area contributed by atoms with E-state index in [9.17, 15) is 4.79 Å². The molecule has 0 radical (unpaired) electrons. The average molecular weight is 242 g/mol. The molecule has 2 aliphatic rings. The molecule has 0 saturated carbocycles. The van der Waals surface area contributed by atoms with Crippen LogP contribution in [0.3, 0.4) is 0 Å². The molecule has 0 aliphatic heterocycles. The number of carbonyl (C=O) groups excluding carboxylic acids is 1. The van der Waals surface area contributed by atoms with Gasteiger partial charge in [-0.2, -0.15) is 0 Å². The zero-order valence-corrected chi connectivity index (χ0v) is 10.7. The van der Waals surface area contributed by atoms with E-state index in [1.54, 1.807) is 12.7 Å². The zero-order chi connectivity index (χ0) is 12.5. The summed E-state index contributed by atoms with van der Waals surface area (Å²) in [7, 11) is 1.79. The number of fused-ring (bicyclic) bond motifs is 2. The van der Waals surface area contributed by atoms with E-state index >= 15 is 0 Å². The Hall–Kier alpha value is -1.41. The van der Waals surface area contributed by atoms with Crippen LogP contribution in [-0.2, 0) is 11.2 Å². The van der Waals surface area contributed by atoms with Gasteiger partial charge in [-0.05, 0) is 54.9 Å². The minimum Gasteiger partial charge on any atom is -0.377 e. The Kier molecular flexibility index (Phi) is 3.04. The molecule has 0 amide bonds. The fourth-order valence-electron chi connectivity index (χ4n) is 3.29. The van der Waals surface area contributed by atoms with Crippen LogP contribution in [0.5, 0.6) is 0 Å². The summed E-state index contributed by atoms with van der Waals surface area (Å²) in [5.41, 5.74) is 6.30. The van der Waals surface area contributed by atoms with Crippen molar-refractivity contribution in [1.82, 2.24) is 0 Å².